The summed E-state index contributed by atoms with van der Waals surface area (Å²) in [5, 5.41) is 13.5. The van der Waals surface area contributed by atoms with E-state index in [1.165, 1.54) is 7.11 Å². The molecule has 0 aliphatic carbocycles. The maximum absolute atomic E-state index is 9.44. The zero-order chi connectivity index (χ0) is 12.8. The fraction of sp³-hybridized carbons (Fsp3) is 0.0769. The molecule has 5 nitrogen and oxygen atoms in total. The maximum Gasteiger partial charge on any atom is 0.161 e. The van der Waals surface area contributed by atoms with E-state index in [0.717, 1.165) is 5.56 Å². The van der Waals surface area contributed by atoms with Gasteiger partial charge in [-0.2, -0.15) is 5.10 Å². The molecule has 92 valence electrons. The van der Waals surface area contributed by atoms with Crippen LogP contribution in [0.15, 0.2) is 47.7 Å². The first-order chi connectivity index (χ1) is 8.79. The van der Waals surface area contributed by atoms with Crippen LogP contribution in [0.1, 0.15) is 5.56 Å². The number of aromatic hydroxyl groups is 1. The molecular weight excluding hydrogens is 230 g/mol. The van der Waals surface area contributed by atoms with Crippen LogP contribution in [0.3, 0.4) is 0 Å². The third-order valence-corrected chi connectivity index (χ3v) is 2.26. The van der Waals surface area contributed by atoms with Gasteiger partial charge >= 0.3 is 0 Å². The van der Waals surface area contributed by atoms with Gasteiger partial charge in [-0.25, -0.2) is 4.98 Å². The van der Waals surface area contributed by atoms with E-state index in [-0.39, 0.29) is 5.75 Å². The molecule has 0 atom stereocenters. The van der Waals surface area contributed by atoms with E-state index in [4.69, 9.17) is 4.74 Å². The van der Waals surface area contributed by atoms with E-state index in [0.29, 0.717) is 11.6 Å². The Labute approximate surface area is 105 Å². The molecule has 0 bridgehead atoms. The van der Waals surface area contributed by atoms with Crippen molar-refractivity contribution in [3.8, 4) is 11.5 Å². The second-order valence-electron chi connectivity index (χ2n) is 3.52. The molecule has 1 aromatic carbocycles. The van der Waals surface area contributed by atoms with Gasteiger partial charge in [0.1, 0.15) is 5.82 Å². The highest BCUT2D eigenvalue weighted by atomic mass is 16.5. The molecule has 0 saturated carbocycles. The Morgan fingerprint density at radius 1 is 1.33 bits per heavy atom. The lowest BCUT2D eigenvalue weighted by atomic mass is 10.2. The summed E-state index contributed by atoms with van der Waals surface area (Å²) in [5.74, 6) is 1.18. The first kappa shape index (κ1) is 11.9. The SMILES string of the molecule is COc1cc(/C=N/Nc2ccccn2)ccc1O. The first-order valence-corrected chi connectivity index (χ1v) is 5.36. The predicted molar refractivity (Wildman–Crippen MR) is 70.1 cm³/mol. The Morgan fingerprint density at radius 2 is 2.22 bits per heavy atom. The fourth-order valence-corrected chi connectivity index (χ4v) is 1.38. The number of nitrogens with one attached hydrogen (secondary N) is 1. The highest BCUT2D eigenvalue weighted by Gasteiger charge is 2.00. The van der Waals surface area contributed by atoms with Crippen molar-refractivity contribution in [2.75, 3.05) is 12.5 Å². The number of pyridine rings is 1. The maximum atomic E-state index is 9.44. The number of rotatable bonds is 4. The molecule has 1 heterocycles. The number of methoxy groups -OCH3 is 1. The molecule has 0 aliphatic heterocycles. The van der Waals surface area contributed by atoms with Crippen LogP contribution in [0.25, 0.3) is 0 Å². The molecule has 2 aromatic rings. The number of hydrazone groups is 1. The van der Waals surface area contributed by atoms with Crippen molar-refractivity contribution < 1.29 is 9.84 Å². The molecule has 5 heteroatoms. The number of hydrogen-bond donors (Lipinski definition) is 2. The van der Waals surface area contributed by atoms with Gasteiger partial charge < -0.3 is 9.84 Å². The number of ether oxygens (including phenoxy) is 1. The lowest BCUT2D eigenvalue weighted by molar-refractivity contribution is 0.373. The normalized spacial score (nSPS) is 10.5. The van der Waals surface area contributed by atoms with Crippen molar-refractivity contribution in [3.63, 3.8) is 0 Å². The zero-order valence-corrected chi connectivity index (χ0v) is 9.87. The second kappa shape index (κ2) is 5.67. The third-order valence-electron chi connectivity index (χ3n) is 2.26. The van der Waals surface area contributed by atoms with Crippen LogP contribution in [0.4, 0.5) is 5.82 Å². The average Bonchev–Trinajstić information content (AvgIpc) is 2.42. The summed E-state index contributed by atoms with van der Waals surface area (Å²) < 4.78 is 5.01. The lowest BCUT2D eigenvalue weighted by Gasteiger charge is -2.03. The molecule has 18 heavy (non-hydrogen) atoms. The van der Waals surface area contributed by atoms with Gasteiger partial charge in [-0.1, -0.05) is 6.07 Å². The minimum atomic E-state index is 0.104. The van der Waals surface area contributed by atoms with Gasteiger partial charge in [0.2, 0.25) is 0 Å². The third kappa shape index (κ3) is 2.98. The summed E-state index contributed by atoms with van der Waals surface area (Å²) in [6, 6.07) is 10.5. The van der Waals surface area contributed by atoms with Gasteiger partial charge in [-0.15, -0.1) is 0 Å². The summed E-state index contributed by atoms with van der Waals surface area (Å²) in [4.78, 5) is 4.07. The van der Waals surface area contributed by atoms with Crippen LogP contribution >= 0.6 is 0 Å². The summed E-state index contributed by atoms with van der Waals surface area (Å²) in [6.45, 7) is 0. The summed E-state index contributed by atoms with van der Waals surface area (Å²) >= 11 is 0. The van der Waals surface area contributed by atoms with Crippen LogP contribution in [0.2, 0.25) is 0 Å². The monoisotopic (exact) mass is 243 g/mol. The predicted octanol–water partition coefficient (Wildman–Crippen LogP) is 2.24. The minimum Gasteiger partial charge on any atom is -0.504 e. The molecule has 0 unspecified atom stereocenters. The Bertz CT molecular complexity index is 541. The Balaban J connectivity index is 2.05. The van der Waals surface area contributed by atoms with E-state index in [9.17, 15) is 5.11 Å². The summed E-state index contributed by atoms with van der Waals surface area (Å²) in [5.41, 5.74) is 3.61. The summed E-state index contributed by atoms with van der Waals surface area (Å²) in [6.07, 6.45) is 3.30. The van der Waals surface area contributed by atoms with Crippen LogP contribution in [0.5, 0.6) is 11.5 Å². The lowest BCUT2D eigenvalue weighted by Crippen LogP contribution is -1.93. The van der Waals surface area contributed by atoms with E-state index in [2.05, 4.69) is 15.5 Å². The molecule has 0 aliphatic rings. The molecule has 0 saturated heterocycles. The topological polar surface area (TPSA) is 66.7 Å². The largest absolute Gasteiger partial charge is 0.504 e. The standard InChI is InChI=1S/C13H13N3O2/c1-18-12-8-10(5-6-11(12)17)9-15-16-13-4-2-3-7-14-13/h2-9,17H,1H3,(H,14,16)/b15-9+. The molecule has 0 radical (unpaired) electrons. The Kier molecular flexibility index (Phi) is 3.76. The van der Waals surface area contributed by atoms with Crippen molar-refractivity contribution in [1.82, 2.24) is 4.98 Å². The van der Waals surface area contributed by atoms with Gasteiger partial charge in [0.05, 0.1) is 13.3 Å². The second-order valence-corrected chi connectivity index (χ2v) is 3.52. The number of aromatic nitrogens is 1. The van der Waals surface area contributed by atoms with Crippen molar-refractivity contribution in [2.24, 2.45) is 5.10 Å². The van der Waals surface area contributed by atoms with Gasteiger partial charge in [-0.3, -0.25) is 5.43 Å². The van der Waals surface area contributed by atoms with Crippen LogP contribution in [-0.2, 0) is 0 Å². The van der Waals surface area contributed by atoms with E-state index >= 15 is 0 Å². The number of phenolic OH excluding ortho intramolecular Hbond substituents is 1. The van der Waals surface area contributed by atoms with E-state index < -0.39 is 0 Å². The van der Waals surface area contributed by atoms with Crippen molar-refractivity contribution in [3.05, 3.63) is 48.2 Å². The summed E-state index contributed by atoms with van der Waals surface area (Å²) in [7, 11) is 1.50. The van der Waals surface area contributed by atoms with E-state index in [1.54, 1.807) is 30.6 Å². The van der Waals surface area contributed by atoms with Crippen molar-refractivity contribution >= 4 is 12.0 Å². The van der Waals surface area contributed by atoms with Gasteiger partial charge in [0.25, 0.3) is 0 Å². The number of phenols is 1. The number of nitrogens with zero attached hydrogens (tertiary/aromatic N) is 2. The van der Waals surface area contributed by atoms with Crippen LogP contribution in [0, 0.1) is 0 Å². The van der Waals surface area contributed by atoms with Crippen molar-refractivity contribution in [2.45, 2.75) is 0 Å². The molecule has 0 spiro atoms. The zero-order valence-electron chi connectivity index (χ0n) is 9.87. The number of hydrogen-bond acceptors (Lipinski definition) is 5. The van der Waals surface area contributed by atoms with Gasteiger partial charge in [0.15, 0.2) is 11.5 Å². The molecule has 2 N–H and O–H groups in total. The molecular formula is C13H13N3O2. The molecule has 0 fully saturated rings. The van der Waals surface area contributed by atoms with Gasteiger partial charge in [0, 0.05) is 6.20 Å². The smallest absolute Gasteiger partial charge is 0.161 e. The van der Waals surface area contributed by atoms with Crippen LogP contribution in [-0.4, -0.2) is 23.4 Å². The highest BCUT2D eigenvalue weighted by molar-refractivity contribution is 5.81. The average molecular weight is 243 g/mol. The highest BCUT2D eigenvalue weighted by Crippen LogP contribution is 2.25. The Morgan fingerprint density at radius 3 is 2.94 bits per heavy atom. The molecule has 0 amide bonds. The van der Waals surface area contributed by atoms with Crippen LogP contribution < -0.4 is 10.2 Å². The Hall–Kier alpha value is -2.56. The quantitative estimate of drug-likeness (QED) is 0.638. The molecule has 2 rings (SSSR count). The minimum absolute atomic E-state index is 0.104. The first-order valence-electron chi connectivity index (χ1n) is 5.36. The number of anilines is 1. The fourth-order valence-electron chi connectivity index (χ4n) is 1.38. The van der Waals surface area contributed by atoms with Gasteiger partial charge in [-0.05, 0) is 35.9 Å². The van der Waals surface area contributed by atoms with E-state index in [1.807, 2.05) is 18.2 Å². The van der Waals surface area contributed by atoms with Crippen molar-refractivity contribution in [1.29, 1.82) is 0 Å². The molecule has 1 aromatic heterocycles. The number of benzene rings is 1.